The quantitative estimate of drug-likeness (QED) is 0.467. The molecule has 2 nitrogen and oxygen atoms in total. The Morgan fingerprint density at radius 2 is 2.09 bits per heavy atom. The number of hydrogen-bond donors (Lipinski definition) is 1. The minimum atomic E-state index is 0.337. The van der Waals surface area contributed by atoms with Crippen LogP contribution in [0.15, 0.2) is 12.2 Å². The van der Waals surface area contributed by atoms with E-state index in [1.807, 2.05) is 20.9 Å². The average molecular weight is 157 g/mol. The second kappa shape index (κ2) is 7.76. The van der Waals surface area contributed by atoms with Crippen LogP contribution in [0.2, 0.25) is 0 Å². The van der Waals surface area contributed by atoms with Crippen LogP contribution in [-0.2, 0) is 4.74 Å². The van der Waals surface area contributed by atoms with Crippen LogP contribution in [0.25, 0.3) is 0 Å². The second-order valence-electron chi connectivity index (χ2n) is 2.75. The summed E-state index contributed by atoms with van der Waals surface area (Å²) in [6.07, 6.45) is 5.62. The lowest BCUT2D eigenvalue weighted by Crippen LogP contribution is -2.06. The summed E-state index contributed by atoms with van der Waals surface area (Å²) < 4.78 is 5.31. The zero-order chi connectivity index (χ0) is 8.53. The Morgan fingerprint density at radius 3 is 2.64 bits per heavy atom. The number of rotatable bonds is 6. The van der Waals surface area contributed by atoms with E-state index in [4.69, 9.17) is 4.74 Å². The van der Waals surface area contributed by atoms with Crippen molar-refractivity contribution >= 4 is 0 Å². The van der Waals surface area contributed by atoms with Gasteiger partial charge in [0.1, 0.15) is 0 Å². The van der Waals surface area contributed by atoms with E-state index in [-0.39, 0.29) is 0 Å². The summed E-state index contributed by atoms with van der Waals surface area (Å²) in [5.41, 5.74) is 0. The van der Waals surface area contributed by atoms with Gasteiger partial charge in [0.15, 0.2) is 0 Å². The highest BCUT2D eigenvalue weighted by molar-refractivity contribution is 4.81. The summed E-state index contributed by atoms with van der Waals surface area (Å²) in [7, 11) is 1.96. The monoisotopic (exact) mass is 157 g/mol. The summed E-state index contributed by atoms with van der Waals surface area (Å²) >= 11 is 0. The Morgan fingerprint density at radius 1 is 1.36 bits per heavy atom. The van der Waals surface area contributed by atoms with Gasteiger partial charge in [-0.25, -0.2) is 0 Å². The first-order chi connectivity index (χ1) is 5.27. The topological polar surface area (TPSA) is 21.3 Å². The van der Waals surface area contributed by atoms with Gasteiger partial charge in [-0.3, -0.25) is 0 Å². The molecule has 0 radical (unpaired) electrons. The number of ether oxygens (including phenoxy) is 1. The highest BCUT2D eigenvalue weighted by atomic mass is 16.5. The largest absolute Gasteiger partial charge is 0.375 e. The molecule has 0 spiro atoms. The molecule has 0 aliphatic rings. The fourth-order valence-corrected chi connectivity index (χ4v) is 0.662. The fourth-order valence-electron chi connectivity index (χ4n) is 0.662. The van der Waals surface area contributed by atoms with Gasteiger partial charge in [0.05, 0.1) is 12.7 Å². The molecule has 0 bridgehead atoms. The normalized spacial score (nSPS) is 11.6. The van der Waals surface area contributed by atoms with Crippen LogP contribution in [0.5, 0.6) is 0 Å². The first-order valence-corrected chi connectivity index (χ1v) is 4.18. The van der Waals surface area contributed by atoms with Crippen LogP contribution < -0.4 is 5.32 Å². The predicted molar refractivity (Wildman–Crippen MR) is 48.8 cm³/mol. The molecule has 0 rings (SSSR count). The fraction of sp³-hybridized carbons (Fsp3) is 0.778. The molecule has 0 heterocycles. The van der Waals surface area contributed by atoms with Crippen LogP contribution in [0.4, 0.5) is 0 Å². The minimum Gasteiger partial charge on any atom is -0.375 e. The maximum absolute atomic E-state index is 5.31. The van der Waals surface area contributed by atoms with Crippen LogP contribution in [-0.4, -0.2) is 26.3 Å². The maximum Gasteiger partial charge on any atom is 0.0650 e. The molecule has 0 atom stereocenters. The summed E-state index contributed by atoms with van der Waals surface area (Å²) in [6, 6.07) is 0. The summed E-state index contributed by atoms with van der Waals surface area (Å²) in [4.78, 5) is 0. The number of nitrogens with one attached hydrogen (secondary N) is 1. The van der Waals surface area contributed by atoms with Gasteiger partial charge in [0.25, 0.3) is 0 Å². The third-order valence-corrected chi connectivity index (χ3v) is 1.25. The minimum absolute atomic E-state index is 0.337. The number of hydrogen-bond acceptors (Lipinski definition) is 2. The first-order valence-electron chi connectivity index (χ1n) is 4.18. The lowest BCUT2D eigenvalue weighted by Gasteiger charge is -2.02. The molecule has 0 saturated carbocycles. The van der Waals surface area contributed by atoms with Gasteiger partial charge < -0.3 is 10.1 Å². The molecular formula is C9H19NO. The van der Waals surface area contributed by atoms with E-state index >= 15 is 0 Å². The molecule has 2 heteroatoms. The van der Waals surface area contributed by atoms with E-state index < -0.39 is 0 Å². The van der Waals surface area contributed by atoms with Crippen molar-refractivity contribution in [2.75, 3.05) is 20.2 Å². The van der Waals surface area contributed by atoms with E-state index in [2.05, 4.69) is 17.5 Å². The zero-order valence-corrected chi connectivity index (χ0v) is 7.76. The van der Waals surface area contributed by atoms with Gasteiger partial charge in [0.2, 0.25) is 0 Å². The van der Waals surface area contributed by atoms with Crippen molar-refractivity contribution in [2.45, 2.75) is 26.4 Å². The first kappa shape index (κ1) is 10.7. The van der Waals surface area contributed by atoms with E-state index in [9.17, 15) is 0 Å². The van der Waals surface area contributed by atoms with Crippen molar-refractivity contribution in [3.05, 3.63) is 12.2 Å². The van der Waals surface area contributed by atoms with Crippen LogP contribution in [0, 0.1) is 0 Å². The molecule has 0 aromatic carbocycles. The molecule has 0 aliphatic heterocycles. The van der Waals surface area contributed by atoms with E-state index in [0.717, 1.165) is 19.6 Å². The molecule has 1 N–H and O–H groups in total. The average Bonchev–Trinajstić information content (AvgIpc) is 1.96. The Hall–Kier alpha value is -0.340. The highest BCUT2D eigenvalue weighted by Gasteiger charge is 1.87. The third kappa shape index (κ3) is 9.66. The second-order valence-corrected chi connectivity index (χ2v) is 2.75. The van der Waals surface area contributed by atoms with Crippen molar-refractivity contribution in [3.8, 4) is 0 Å². The molecule has 0 fully saturated rings. The van der Waals surface area contributed by atoms with Crippen molar-refractivity contribution in [1.29, 1.82) is 0 Å². The van der Waals surface area contributed by atoms with E-state index in [1.165, 1.54) is 0 Å². The lowest BCUT2D eigenvalue weighted by atomic mass is 10.4. The molecule has 66 valence electrons. The summed E-state index contributed by atoms with van der Waals surface area (Å²) in [5.74, 6) is 0. The molecule has 0 aromatic rings. The molecule has 0 aliphatic carbocycles. The van der Waals surface area contributed by atoms with E-state index in [0.29, 0.717) is 6.10 Å². The highest BCUT2D eigenvalue weighted by Crippen LogP contribution is 1.88. The van der Waals surface area contributed by atoms with Crippen molar-refractivity contribution in [1.82, 2.24) is 5.32 Å². The predicted octanol–water partition coefficient (Wildman–Crippen LogP) is 1.58. The Balaban J connectivity index is 3.03. The van der Waals surface area contributed by atoms with Crippen LogP contribution in [0.3, 0.4) is 0 Å². The lowest BCUT2D eigenvalue weighted by molar-refractivity contribution is 0.102. The van der Waals surface area contributed by atoms with Crippen LogP contribution in [0.1, 0.15) is 20.3 Å². The smallest absolute Gasteiger partial charge is 0.0650 e. The van der Waals surface area contributed by atoms with Crippen LogP contribution >= 0.6 is 0 Å². The van der Waals surface area contributed by atoms with Gasteiger partial charge >= 0.3 is 0 Å². The SMILES string of the molecule is CNCCC=CCOC(C)C. The zero-order valence-electron chi connectivity index (χ0n) is 7.76. The van der Waals surface area contributed by atoms with Crippen molar-refractivity contribution in [3.63, 3.8) is 0 Å². The Labute approximate surface area is 69.6 Å². The Bertz CT molecular complexity index is 99.7. The standard InChI is InChI=1S/C9H19NO/c1-9(2)11-8-6-4-5-7-10-3/h4,6,9-10H,5,7-8H2,1-3H3. The van der Waals surface area contributed by atoms with Crippen molar-refractivity contribution < 1.29 is 4.74 Å². The summed E-state index contributed by atoms with van der Waals surface area (Å²) in [6.45, 7) is 5.86. The molecule has 0 aromatic heterocycles. The van der Waals surface area contributed by atoms with Gasteiger partial charge in [0, 0.05) is 0 Å². The van der Waals surface area contributed by atoms with Gasteiger partial charge in [-0.05, 0) is 33.9 Å². The summed E-state index contributed by atoms with van der Waals surface area (Å²) in [5, 5.41) is 3.08. The molecule has 0 amide bonds. The van der Waals surface area contributed by atoms with E-state index in [1.54, 1.807) is 0 Å². The Kier molecular flexibility index (Phi) is 7.52. The van der Waals surface area contributed by atoms with Gasteiger partial charge in [-0.15, -0.1) is 0 Å². The molecule has 11 heavy (non-hydrogen) atoms. The third-order valence-electron chi connectivity index (χ3n) is 1.25. The molecule has 0 unspecified atom stereocenters. The van der Waals surface area contributed by atoms with Gasteiger partial charge in [-0.1, -0.05) is 12.2 Å². The maximum atomic E-state index is 5.31. The van der Waals surface area contributed by atoms with Crippen molar-refractivity contribution in [2.24, 2.45) is 0 Å². The van der Waals surface area contributed by atoms with Gasteiger partial charge in [-0.2, -0.15) is 0 Å². The molecule has 0 saturated heterocycles. The molecular weight excluding hydrogens is 138 g/mol.